The molecule has 5 rings (SSSR count). The van der Waals surface area contributed by atoms with Crippen LogP contribution in [0.25, 0.3) is 0 Å². The van der Waals surface area contributed by atoms with Crippen molar-refractivity contribution in [1.82, 2.24) is 0 Å². The number of oxime groups is 1. The highest BCUT2D eigenvalue weighted by Gasteiger charge is 2.54. The van der Waals surface area contributed by atoms with Crippen molar-refractivity contribution in [3.8, 4) is 23.0 Å². The molecule has 8 heteroatoms. The third-order valence-corrected chi connectivity index (χ3v) is 5.62. The lowest BCUT2D eigenvalue weighted by Crippen LogP contribution is -2.41. The second kappa shape index (κ2) is 6.30. The van der Waals surface area contributed by atoms with E-state index in [1.54, 1.807) is 6.07 Å². The van der Waals surface area contributed by atoms with Gasteiger partial charge < -0.3 is 28.5 Å². The Balaban J connectivity index is 1.73. The van der Waals surface area contributed by atoms with Crippen LogP contribution >= 0.6 is 0 Å². The fraction of sp³-hybridized carbons (Fsp3) is 0.333. The first kappa shape index (κ1) is 17.7. The zero-order chi connectivity index (χ0) is 20.2. The van der Waals surface area contributed by atoms with Gasteiger partial charge in [-0.05, 0) is 36.2 Å². The molecule has 0 N–H and O–H groups in total. The van der Waals surface area contributed by atoms with Crippen molar-refractivity contribution in [2.45, 2.75) is 18.4 Å². The van der Waals surface area contributed by atoms with Gasteiger partial charge in [0, 0.05) is 17.5 Å². The summed E-state index contributed by atoms with van der Waals surface area (Å²) in [6, 6.07) is 7.40. The topological polar surface area (TPSA) is 84.8 Å². The standard InChI is InChI=1S/C21H19NO7/c1-24-14-5-4-13-17(18(14)25-2)20(23)29-21(13)7-6-11-8-15-16(28-10-27-15)9-12(11)19(21)22-26-3/h4-5,8-9H,6-7,10H2,1-3H3/b22-19+. The van der Waals surface area contributed by atoms with Crippen LogP contribution in [0.2, 0.25) is 0 Å². The van der Waals surface area contributed by atoms with E-state index < -0.39 is 11.6 Å². The summed E-state index contributed by atoms with van der Waals surface area (Å²) >= 11 is 0. The zero-order valence-electron chi connectivity index (χ0n) is 16.2. The second-order valence-electron chi connectivity index (χ2n) is 6.93. The summed E-state index contributed by atoms with van der Waals surface area (Å²) in [5, 5.41) is 4.29. The number of methoxy groups -OCH3 is 2. The van der Waals surface area contributed by atoms with Gasteiger partial charge in [0.1, 0.15) is 18.4 Å². The van der Waals surface area contributed by atoms with Crippen LogP contribution in [0, 0.1) is 0 Å². The lowest BCUT2D eigenvalue weighted by atomic mass is 9.74. The Morgan fingerprint density at radius 3 is 2.59 bits per heavy atom. The number of ether oxygens (including phenoxy) is 5. The Bertz CT molecular complexity index is 1060. The van der Waals surface area contributed by atoms with Crippen molar-refractivity contribution in [2.75, 3.05) is 28.1 Å². The Morgan fingerprint density at radius 2 is 1.86 bits per heavy atom. The zero-order valence-corrected chi connectivity index (χ0v) is 16.2. The first-order valence-electron chi connectivity index (χ1n) is 9.16. The Hall–Kier alpha value is -3.42. The summed E-state index contributed by atoms with van der Waals surface area (Å²) in [6.45, 7) is 0.176. The molecule has 2 aromatic carbocycles. The summed E-state index contributed by atoms with van der Waals surface area (Å²) in [4.78, 5) is 18.1. The van der Waals surface area contributed by atoms with Gasteiger partial charge in [0.25, 0.3) is 0 Å². The van der Waals surface area contributed by atoms with Crippen molar-refractivity contribution in [1.29, 1.82) is 0 Å². The van der Waals surface area contributed by atoms with Crippen LogP contribution in [0.4, 0.5) is 0 Å². The number of aryl methyl sites for hydroxylation is 1. The second-order valence-corrected chi connectivity index (χ2v) is 6.93. The number of esters is 1. The molecular weight excluding hydrogens is 378 g/mol. The molecule has 8 nitrogen and oxygen atoms in total. The summed E-state index contributed by atoms with van der Waals surface area (Å²) < 4.78 is 27.8. The first-order chi connectivity index (χ1) is 14.1. The van der Waals surface area contributed by atoms with Gasteiger partial charge >= 0.3 is 5.97 Å². The lowest BCUT2D eigenvalue weighted by molar-refractivity contribution is 0.0161. The summed E-state index contributed by atoms with van der Waals surface area (Å²) in [6.07, 6.45) is 1.17. The first-order valence-corrected chi connectivity index (χ1v) is 9.16. The van der Waals surface area contributed by atoms with E-state index in [4.69, 9.17) is 28.5 Å². The minimum Gasteiger partial charge on any atom is -0.493 e. The number of carbonyl (C=O) groups excluding carboxylic acids is 1. The molecule has 150 valence electrons. The van der Waals surface area contributed by atoms with Gasteiger partial charge in [-0.25, -0.2) is 4.79 Å². The van der Waals surface area contributed by atoms with Crippen LogP contribution in [0.1, 0.15) is 33.5 Å². The minimum atomic E-state index is -1.08. The fourth-order valence-electron chi connectivity index (χ4n) is 4.36. The van der Waals surface area contributed by atoms with Crippen molar-refractivity contribution < 1.29 is 33.3 Å². The minimum absolute atomic E-state index is 0.176. The Kier molecular flexibility index (Phi) is 3.84. The molecule has 2 heterocycles. The molecule has 1 unspecified atom stereocenters. The monoisotopic (exact) mass is 397 g/mol. The molecular formula is C21H19NO7. The smallest absolute Gasteiger partial charge is 0.343 e. The maximum Gasteiger partial charge on any atom is 0.343 e. The van der Waals surface area contributed by atoms with Crippen LogP contribution in [-0.2, 0) is 21.6 Å². The van der Waals surface area contributed by atoms with Crippen LogP contribution in [-0.4, -0.2) is 39.8 Å². The molecule has 1 atom stereocenters. The van der Waals surface area contributed by atoms with Gasteiger partial charge in [0.05, 0.1) is 14.2 Å². The van der Waals surface area contributed by atoms with Gasteiger partial charge in [0.15, 0.2) is 28.6 Å². The molecule has 0 fully saturated rings. The summed E-state index contributed by atoms with van der Waals surface area (Å²) in [7, 11) is 4.49. The quantitative estimate of drug-likeness (QED) is 0.582. The normalized spacial score (nSPS) is 22.3. The molecule has 0 aromatic heterocycles. The third kappa shape index (κ3) is 2.31. The van der Waals surface area contributed by atoms with Crippen molar-refractivity contribution in [2.24, 2.45) is 5.16 Å². The average Bonchev–Trinajstić information content (AvgIpc) is 3.30. The van der Waals surface area contributed by atoms with E-state index in [0.717, 1.165) is 11.1 Å². The van der Waals surface area contributed by atoms with E-state index in [9.17, 15) is 4.79 Å². The molecule has 1 aliphatic carbocycles. The van der Waals surface area contributed by atoms with E-state index in [-0.39, 0.29) is 6.79 Å². The van der Waals surface area contributed by atoms with E-state index in [2.05, 4.69) is 5.16 Å². The van der Waals surface area contributed by atoms with Crippen LogP contribution in [0.3, 0.4) is 0 Å². The van der Waals surface area contributed by atoms with E-state index >= 15 is 0 Å². The number of hydrogen-bond acceptors (Lipinski definition) is 8. The number of fused-ring (bicyclic) bond motifs is 4. The summed E-state index contributed by atoms with van der Waals surface area (Å²) in [5.41, 5.74) is 2.29. The number of hydrogen-bond donors (Lipinski definition) is 0. The molecule has 0 saturated heterocycles. The molecule has 0 radical (unpaired) electrons. The predicted octanol–water partition coefficient (Wildman–Crippen LogP) is 2.80. The molecule has 2 aliphatic heterocycles. The highest BCUT2D eigenvalue weighted by molar-refractivity contribution is 6.14. The summed E-state index contributed by atoms with van der Waals surface area (Å²) in [5.74, 6) is 1.65. The highest BCUT2D eigenvalue weighted by Crippen LogP contribution is 2.51. The molecule has 0 bridgehead atoms. The molecule has 0 amide bonds. The van der Waals surface area contributed by atoms with Gasteiger partial charge in [-0.3, -0.25) is 0 Å². The number of benzene rings is 2. The van der Waals surface area contributed by atoms with Crippen LogP contribution in [0.5, 0.6) is 23.0 Å². The van der Waals surface area contributed by atoms with Crippen LogP contribution in [0.15, 0.2) is 29.4 Å². The maximum absolute atomic E-state index is 12.9. The van der Waals surface area contributed by atoms with Gasteiger partial charge in [-0.15, -0.1) is 0 Å². The SMILES string of the molecule is CO/N=C1\c2cc3c(cc2CCC12OC(=O)c1c2ccc(OC)c1OC)OCO3. The third-order valence-electron chi connectivity index (χ3n) is 5.62. The molecule has 29 heavy (non-hydrogen) atoms. The number of nitrogens with zero attached hydrogens (tertiary/aromatic N) is 1. The average molecular weight is 397 g/mol. The van der Waals surface area contributed by atoms with Gasteiger partial charge in [-0.1, -0.05) is 5.16 Å². The van der Waals surface area contributed by atoms with E-state index in [1.807, 2.05) is 18.2 Å². The number of carbonyl (C=O) groups is 1. The van der Waals surface area contributed by atoms with Crippen molar-refractivity contribution in [3.63, 3.8) is 0 Å². The van der Waals surface area contributed by atoms with Gasteiger partial charge in [-0.2, -0.15) is 0 Å². The highest BCUT2D eigenvalue weighted by atomic mass is 16.7. The molecule has 3 aliphatic rings. The Labute approximate surface area is 166 Å². The Morgan fingerprint density at radius 1 is 1.07 bits per heavy atom. The maximum atomic E-state index is 12.9. The van der Waals surface area contributed by atoms with Crippen molar-refractivity contribution in [3.05, 3.63) is 46.5 Å². The molecule has 2 aromatic rings. The van der Waals surface area contributed by atoms with E-state index in [0.29, 0.717) is 52.7 Å². The lowest BCUT2D eigenvalue weighted by Gasteiger charge is -2.35. The fourth-order valence-corrected chi connectivity index (χ4v) is 4.36. The molecule has 1 spiro atoms. The number of rotatable bonds is 3. The largest absolute Gasteiger partial charge is 0.493 e. The van der Waals surface area contributed by atoms with Gasteiger partial charge in [0.2, 0.25) is 6.79 Å². The van der Waals surface area contributed by atoms with E-state index in [1.165, 1.54) is 21.3 Å². The van der Waals surface area contributed by atoms with Crippen LogP contribution < -0.4 is 18.9 Å². The van der Waals surface area contributed by atoms with Crippen molar-refractivity contribution >= 4 is 11.7 Å². The molecule has 0 saturated carbocycles. The predicted molar refractivity (Wildman–Crippen MR) is 101 cm³/mol.